The Kier molecular flexibility index (Phi) is 6.17. The number of hydrogen-bond acceptors (Lipinski definition) is 5. The maximum Gasteiger partial charge on any atom is 0.129 e. The van der Waals surface area contributed by atoms with E-state index in [0.717, 1.165) is 41.8 Å². The third-order valence-corrected chi connectivity index (χ3v) is 8.95. The van der Waals surface area contributed by atoms with Gasteiger partial charge in [0.25, 0.3) is 0 Å². The molecule has 1 heterocycles. The number of fused-ring (bicyclic) bond motifs is 1. The topological polar surface area (TPSA) is 70.4 Å². The molecule has 6 unspecified atom stereocenters. The first kappa shape index (κ1) is 22.6. The molecule has 0 bridgehead atoms. The Hall–Kier alpha value is -1.04. The summed E-state index contributed by atoms with van der Waals surface area (Å²) in [6, 6.07) is 0. The lowest BCUT2D eigenvalue weighted by atomic mass is 9.58. The van der Waals surface area contributed by atoms with Gasteiger partial charge in [-0.2, -0.15) is 0 Å². The van der Waals surface area contributed by atoms with Crippen molar-refractivity contribution in [3.63, 3.8) is 0 Å². The summed E-state index contributed by atoms with van der Waals surface area (Å²) in [5, 5.41) is 24.1. The zero-order chi connectivity index (χ0) is 21.7. The minimum absolute atomic E-state index is 0.00885. The van der Waals surface area contributed by atoms with E-state index in [9.17, 15) is 15.0 Å². The highest BCUT2D eigenvalue weighted by molar-refractivity contribution is 7.11. The molecule has 5 heteroatoms. The van der Waals surface area contributed by atoms with Gasteiger partial charge in [0.2, 0.25) is 0 Å². The van der Waals surface area contributed by atoms with E-state index in [1.807, 2.05) is 13.8 Å². The average molecular weight is 420 g/mol. The maximum absolute atomic E-state index is 12.4. The van der Waals surface area contributed by atoms with Crippen LogP contribution in [0.25, 0.3) is 0 Å². The van der Waals surface area contributed by atoms with Crippen LogP contribution in [-0.4, -0.2) is 33.7 Å². The molecule has 1 saturated carbocycles. The minimum atomic E-state index is -1.12. The lowest BCUT2D eigenvalue weighted by Crippen LogP contribution is -2.55. The maximum atomic E-state index is 12.4. The second kappa shape index (κ2) is 7.90. The summed E-state index contributed by atoms with van der Waals surface area (Å²) in [7, 11) is 0. The van der Waals surface area contributed by atoms with Gasteiger partial charge in [0.15, 0.2) is 0 Å². The Morgan fingerprint density at radius 3 is 2.48 bits per heavy atom. The first-order valence-corrected chi connectivity index (χ1v) is 11.7. The summed E-state index contributed by atoms with van der Waals surface area (Å²) >= 11 is 1.73. The number of carbonyl (C=O) groups is 1. The SMILES string of the molecule is C=C1C[C@](C=O)(C(O)C(O)C2C(C)c3nc(C)sc3CC2(C)C)C(C)CCC1C. The molecule has 0 spiro atoms. The van der Waals surface area contributed by atoms with Crippen LogP contribution in [0.15, 0.2) is 12.2 Å². The number of allylic oxidation sites excluding steroid dienone is 1. The minimum Gasteiger partial charge on any atom is -0.390 e. The van der Waals surface area contributed by atoms with Crippen LogP contribution < -0.4 is 0 Å². The molecule has 1 aromatic rings. The van der Waals surface area contributed by atoms with E-state index >= 15 is 0 Å². The molecule has 0 aromatic carbocycles. The van der Waals surface area contributed by atoms with Crippen molar-refractivity contribution in [3.05, 3.63) is 27.7 Å². The largest absolute Gasteiger partial charge is 0.390 e. The number of aliphatic hydroxyl groups is 2. The smallest absolute Gasteiger partial charge is 0.129 e. The van der Waals surface area contributed by atoms with Gasteiger partial charge in [-0.25, -0.2) is 4.98 Å². The number of thiazole rings is 1. The zero-order valence-corrected chi connectivity index (χ0v) is 19.6. The summed E-state index contributed by atoms with van der Waals surface area (Å²) in [4.78, 5) is 18.5. The van der Waals surface area contributed by atoms with Crippen LogP contribution in [-0.2, 0) is 11.2 Å². The van der Waals surface area contributed by atoms with Gasteiger partial charge in [0.05, 0.1) is 28.3 Å². The van der Waals surface area contributed by atoms with Crippen LogP contribution in [0.1, 0.15) is 75.4 Å². The Morgan fingerprint density at radius 2 is 1.86 bits per heavy atom. The molecular weight excluding hydrogens is 382 g/mol. The van der Waals surface area contributed by atoms with Crippen molar-refractivity contribution in [2.24, 2.45) is 28.6 Å². The van der Waals surface area contributed by atoms with Crippen LogP contribution in [0.5, 0.6) is 0 Å². The zero-order valence-electron chi connectivity index (χ0n) is 18.7. The fourth-order valence-electron chi connectivity index (χ4n) is 5.96. The molecule has 2 N–H and O–H groups in total. The van der Waals surface area contributed by atoms with Crippen molar-refractivity contribution in [1.29, 1.82) is 0 Å². The normalized spacial score (nSPS) is 36.8. The van der Waals surface area contributed by atoms with Gasteiger partial charge in [-0.1, -0.05) is 46.8 Å². The molecule has 3 rings (SSSR count). The number of carbonyl (C=O) groups excluding carboxylic acids is 1. The summed E-state index contributed by atoms with van der Waals surface area (Å²) in [6.07, 6.45) is 1.88. The van der Waals surface area contributed by atoms with E-state index in [1.54, 1.807) is 11.3 Å². The molecule has 162 valence electrons. The fraction of sp³-hybridized carbons (Fsp3) is 0.750. The van der Waals surface area contributed by atoms with Crippen molar-refractivity contribution < 1.29 is 15.0 Å². The van der Waals surface area contributed by atoms with Gasteiger partial charge in [0.1, 0.15) is 6.29 Å². The molecular formula is C24H37NO3S. The summed E-state index contributed by atoms with van der Waals surface area (Å²) in [5.41, 5.74) is 0.861. The van der Waals surface area contributed by atoms with Gasteiger partial charge in [-0.3, -0.25) is 0 Å². The van der Waals surface area contributed by atoms with E-state index in [2.05, 4.69) is 34.3 Å². The predicted octanol–water partition coefficient (Wildman–Crippen LogP) is 4.67. The number of aliphatic hydroxyl groups excluding tert-OH is 2. The van der Waals surface area contributed by atoms with E-state index in [-0.39, 0.29) is 23.2 Å². The van der Waals surface area contributed by atoms with Crippen LogP contribution in [0, 0.1) is 35.5 Å². The molecule has 2 aliphatic rings. The van der Waals surface area contributed by atoms with Gasteiger partial charge in [-0.15, -0.1) is 11.3 Å². The number of rotatable bonds is 4. The fourth-order valence-corrected chi connectivity index (χ4v) is 7.24. The molecule has 0 radical (unpaired) electrons. The molecule has 29 heavy (non-hydrogen) atoms. The Bertz CT molecular complexity index is 785. The van der Waals surface area contributed by atoms with E-state index < -0.39 is 17.6 Å². The lowest BCUT2D eigenvalue weighted by molar-refractivity contribution is -0.149. The van der Waals surface area contributed by atoms with Crippen LogP contribution in [0.3, 0.4) is 0 Å². The number of aromatic nitrogens is 1. The summed E-state index contributed by atoms with van der Waals surface area (Å²) in [6.45, 7) is 16.8. The Balaban J connectivity index is 1.98. The van der Waals surface area contributed by atoms with E-state index in [4.69, 9.17) is 4.98 Å². The highest BCUT2D eigenvalue weighted by Gasteiger charge is 2.54. The number of aldehydes is 1. The van der Waals surface area contributed by atoms with Gasteiger partial charge in [-0.05, 0) is 49.9 Å². The molecule has 4 nitrogen and oxygen atoms in total. The van der Waals surface area contributed by atoms with Crippen LogP contribution in [0.4, 0.5) is 0 Å². The molecule has 1 fully saturated rings. The summed E-state index contributed by atoms with van der Waals surface area (Å²) < 4.78 is 0. The number of nitrogens with zero attached hydrogens (tertiary/aromatic N) is 1. The highest BCUT2D eigenvalue weighted by atomic mass is 32.1. The van der Waals surface area contributed by atoms with Gasteiger partial charge >= 0.3 is 0 Å². The number of aryl methyl sites for hydroxylation is 1. The molecule has 0 amide bonds. The first-order chi connectivity index (χ1) is 13.4. The molecule has 0 aliphatic heterocycles. The second-order valence-corrected chi connectivity index (χ2v) is 11.7. The molecule has 2 aliphatic carbocycles. The monoisotopic (exact) mass is 419 g/mol. The Morgan fingerprint density at radius 1 is 1.21 bits per heavy atom. The molecule has 1 aromatic heterocycles. The van der Waals surface area contributed by atoms with E-state index in [0.29, 0.717) is 12.3 Å². The predicted molar refractivity (Wildman–Crippen MR) is 118 cm³/mol. The van der Waals surface area contributed by atoms with Crippen molar-refractivity contribution in [3.8, 4) is 0 Å². The third kappa shape index (κ3) is 3.75. The lowest BCUT2D eigenvalue weighted by Gasteiger charge is -2.49. The quantitative estimate of drug-likeness (QED) is 0.423. The Labute approximate surface area is 179 Å². The van der Waals surface area contributed by atoms with Crippen molar-refractivity contribution in [2.45, 2.75) is 85.4 Å². The first-order valence-electron chi connectivity index (χ1n) is 10.9. The van der Waals surface area contributed by atoms with Crippen molar-refractivity contribution in [1.82, 2.24) is 4.98 Å². The second-order valence-electron chi connectivity index (χ2n) is 10.4. The third-order valence-electron chi connectivity index (χ3n) is 7.96. The highest BCUT2D eigenvalue weighted by Crippen LogP contribution is 2.53. The average Bonchev–Trinajstić information content (AvgIpc) is 2.96. The molecule has 7 atom stereocenters. The van der Waals surface area contributed by atoms with Crippen molar-refractivity contribution in [2.75, 3.05) is 0 Å². The van der Waals surface area contributed by atoms with E-state index in [1.165, 1.54) is 4.88 Å². The van der Waals surface area contributed by atoms with Gasteiger partial charge in [0, 0.05) is 16.7 Å². The van der Waals surface area contributed by atoms with Gasteiger partial charge < -0.3 is 15.0 Å². The van der Waals surface area contributed by atoms with Crippen molar-refractivity contribution >= 4 is 17.6 Å². The molecule has 0 saturated heterocycles. The summed E-state index contributed by atoms with van der Waals surface area (Å²) in [5.74, 6) is 0.166. The van der Waals surface area contributed by atoms with Crippen LogP contribution >= 0.6 is 11.3 Å². The number of hydrogen-bond donors (Lipinski definition) is 2. The van der Waals surface area contributed by atoms with Crippen LogP contribution in [0.2, 0.25) is 0 Å². The standard InChI is InChI=1S/C24H37NO3S/c1-13-8-9-15(3)24(12-26,10-14(13)2)22(28)21(27)19-16(4)20-18(11-23(19,6)7)29-17(5)25-20/h12-13,15-16,19,21-22,27-28H,2,8-11H2,1,3-7H3/t13?,15?,16?,19?,21?,22?,24-/m1/s1.